The second-order valence-corrected chi connectivity index (χ2v) is 5.08. The lowest BCUT2D eigenvalue weighted by Crippen LogP contribution is -2.28. The van der Waals surface area contributed by atoms with Gasteiger partial charge in [-0.25, -0.2) is 0 Å². The predicted octanol–water partition coefficient (Wildman–Crippen LogP) is 2.48. The highest BCUT2D eigenvalue weighted by atomic mass is 35.5. The van der Waals surface area contributed by atoms with Crippen molar-refractivity contribution >= 4 is 11.6 Å². The summed E-state index contributed by atoms with van der Waals surface area (Å²) in [4.78, 5) is 2.34. The van der Waals surface area contributed by atoms with E-state index in [1.165, 1.54) is 5.56 Å². The topological polar surface area (TPSA) is 29.3 Å². The molecule has 2 nitrogen and oxygen atoms in total. The van der Waals surface area contributed by atoms with Crippen molar-refractivity contribution < 1.29 is 0 Å². The average molecular weight is 239 g/mol. The first-order chi connectivity index (χ1) is 7.68. The molecule has 0 bridgehead atoms. The first kappa shape index (κ1) is 11.9. The van der Waals surface area contributed by atoms with Crippen LogP contribution in [0, 0.1) is 0 Å². The van der Waals surface area contributed by atoms with Crippen molar-refractivity contribution in [1.82, 2.24) is 4.90 Å². The van der Waals surface area contributed by atoms with Gasteiger partial charge in [-0.2, -0.15) is 0 Å². The Balaban J connectivity index is 2.22. The Morgan fingerprint density at radius 3 is 2.69 bits per heavy atom. The van der Waals surface area contributed by atoms with Gasteiger partial charge in [0, 0.05) is 17.0 Å². The Morgan fingerprint density at radius 2 is 1.94 bits per heavy atom. The molecule has 0 aliphatic carbocycles. The molecule has 1 aromatic rings. The highest BCUT2D eigenvalue weighted by Crippen LogP contribution is 2.31. The van der Waals surface area contributed by atoms with Crippen molar-refractivity contribution in [2.45, 2.75) is 24.8 Å². The number of hydrogen-bond donors (Lipinski definition) is 1. The van der Waals surface area contributed by atoms with Gasteiger partial charge in [0.2, 0.25) is 0 Å². The van der Waals surface area contributed by atoms with E-state index in [0.29, 0.717) is 5.92 Å². The molecular weight excluding hydrogens is 220 g/mol. The molecule has 0 radical (unpaired) electrons. The lowest BCUT2D eigenvalue weighted by Gasteiger charge is -2.22. The van der Waals surface area contributed by atoms with Crippen LogP contribution in [0.3, 0.4) is 0 Å². The second-order valence-electron chi connectivity index (χ2n) is 4.67. The minimum absolute atomic E-state index is 0.227. The van der Waals surface area contributed by atoms with Gasteiger partial charge in [-0.3, -0.25) is 0 Å². The first-order valence-electron chi connectivity index (χ1n) is 5.87. The molecule has 2 rings (SSSR count). The number of halogens is 1. The largest absolute Gasteiger partial charge is 0.327 e. The molecule has 0 spiro atoms. The molecule has 0 amide bonds. The molecule has 1 aliphatic heterocycles. The van der Waals surface area contributed by atoms with Crippen LogP contribution in [0.2, 0.25) is 5.02 Å². The minimum Gasteiger partial charge on any atom is -0.327 e. The predicted molar refractivity (Wildman–Crippen MR) is 68.9 cm³/mol. The van der Waals surface area contributed by atoms with Crippen LogP contribution in [0.1, 0.15) is 24.3 Å². The highest BCUT2D eigenvalue weighted by Gasteiger charge is 2.25. The SMILES string of the molecule is CN1CCC(N)C(c2ccccc2Cl)CC1. The van der Waals surface area contributed by atoms with Crippen molar-refractivity contribution in [3.8, 4) is 0 Å². The van der Waals surface area contributed by atoms with Crippen LogP contribution in [0.25, 0.3) is 0 Å². The van der Waals surface area contributed by atoms with E-state index in [0.717, 1.165) is 31.0 Å². The van der Waals surface area contributed by atoms with Crippen LogP contribution in [0.4, 0.5) is 0 Å². The molecule has 16 heavy (non-hydrogen) atoms. The molecule has 1 fully saturated rings. The molecule has 1 heterocycles. The summed E-state index contributed by atoms with van der Waals surface area (Å²) in [5.74, 6) is 0.402. The summed E-state index contributed by atoms with van der Waals surface area (Å²) in [6.07, 6.45) is 2.15. The van der Waals surface area contributed by atoms with E-state index < -0.39 is 0 Å². The van der Waals surface area contributed by atoms with Crippen LogP contribution in [0.5, 0.6) is 0 Å². The molecule has 2 atom stereocenters. The third kappa shape index (κ3) is 2.57. The second kappa shape index (κ2) is 5.17. The Labute approximate surface area is 102 Å². The van der Waals surface area contributed by atoms with Gasteiger partial charge in [-0.1, -0.05) is 29.8 Å². The summed E-state index contributed by atoms with van der Waals surface area (Å²) in [5.41, 5.74) is 7.47. The van der Waals surface area contributed by atoms with Gasteiger partial charge in [-0.15, -0.1) is 0 Å². The molecule has 88 valence electrons. The maximum absolute atomic E-state index is 6.26. The first-order valence-corrected chi connectivity index (χ1v) is 6.25. The van der Waals surface area contributed by atoms with Gasteiger partial charge >= 0.3 is 0 Å². The zero-order valence-corrected chi connectivity index (χ0v) is 10.5. The van der Waals surface area contributed by atoms with Crippen LogP contribution in [0.15, 0.2) is 24.3 Å². The average Bonchev–Trinajstić information content (AvgIpc) is 2.43. The van der Waals surface area contributed by atoms with Crippen molar-refractivity contribution in [2.75, 3.05) is 20.1 Å². The van der Waals surface area contributed by atoms with Crippen molar-refractivity contribution in [2.24, 2.45) is 5.73 Å². The number of benzene rings is 1. The molecule has 1 saturated heterocycles. The molecule has 1 aromatic carbocycles. The summed E-state index contributed by atoms with van der Waals surface area (Å²) >= 11 is 6.24. The summed E-state index contributed by atoms with van der Waals surface area (Å²) < 4.78 is 0. The Kier molecular flexibility index (Phi) is 3.85. The number of hydrogen-bond acceptors (Lipinski definition) is 2. The Morgan fingerprint density at radius 1 is 1.25 bits per heavy atom. The number of nitrogens with zero attached hydrogens (tertiary/aromatic N) is 1. The number of nitrogens with two attached hydrogens (primary N) is 1. The van der Waals surface area contributed by atoms with E-state index in [1.54, 1.807) is 0 Å². The van der Waals surface area contributed by atoms with Gasteiger partial charge in [0.15, 0.2) is 0 Å². The van der Waals surface area contributed by atoms with E-state index in [-0.39, 0.29) is 6.04 Å². The number of rotatable bonds is 1. The third-order valence-corrected chi connectivity index (χ3v) is 3.83. The van der Waals surface area contributed by atoms with Crippen LogP contribution < -0.4 is 5.73 Å². The van der Waals surface area contributed by atoms with E-state index in [2.05, 4.69) is 18.0 Å². The minimum atomic E-state index is 0.227. The van der Waals surface area contributed by atoms with Gasteiger partial charge in [-0.05, 0) is 44.6 Å². The van der Waals surface area contributed by atoms with Crippen molar-refractivity contribution in [3.05, 3.63) is 34.9 Å². The van der Waals surface area contributed by atoms with E-state index >= 15 is 0 Å². The molecule has 0 aromatic heterocycles. The van der Waals surface area contributed by atoms with Crippen molar-refractivity contribution in [1.29, 1.82) is 0 Å². The standard InChI is InChI=1S/C13H19ClN2/c1-16-8-6-11(13(15)7-9-16)10-4-2-3-5-12(10)14/h2-5,11,13H,6-9,15H2,1H3. The number of likely N-dealkylation sites (tertiary alicyclic amines) is 1. The fourth-order valence-electron chi connectivity index (χ4n) is 2.42. The fraction of sp³-hybridized carbons (Fsp3) is 0.538. The zero-order valence-electron chi connectivity index (χ0n) is 9.70. The monoisotopic (exact) mass is 238 g/mol. The van der Waals surface area contributed by atoms with Gasteiger partial charge < -0.3 is 10.6 Å². The van der Waals surface area contributed by atoms with Crippen LogP contribution in [-0.2, 0) is 0 Å². The van der Waals surface area contributed by atoms with Gasteiger partial charge in [0.05, 0.1) is 0 Å². The van der Waals surface area contributed by atoms with Crippen LogP contribution >= 0.6 is 11.6 Å². The molecule has 0 saturated carbocycles. The summed E-state index contributed by atoms with van der Waals surface area (Å²) in [7, 11) is 2.15. The van der Waals surface area contributed by atoms with E-state index in [4.69, 9.17) is 17.3 Å². The molecule has 2 unspecified atom stereocenters. The van der Waals surface area contributed by atoms with Crippen LogP contribution in [-0.4, -0.2) is 31.1 Å². The quantitative estimate of drug-likeness (QED) is 0.815. The van der Waals surface area contributed by atoms with Crippen molar-refractivity contribution in [3.63, 3.8) is 0 Å². The van der Waals surface area contributed by atoms with E-state index in [9.17, 15) is 0 Å². The molecule has 2 N–H and O–H groups in total. The smallest absolute Gasteiger partial charge is 0.0441 e. The maximum Gasteiger partial charge on any atom is 0.0441 e. The summed E-state index contributed by atoms with van der Waals surface area (Å²) in [5, 5.41) is 0.854. The Bertz CT molecular complexity index is 354. The summed E-state index contributed by atoms with van der Waals surface area (Å²) in [6, 6.07) is 8.31. The normalized spacial score (nSPS) is 27.7. The molecule has 3 heteroatoms. The highest BCUT2D eigenvalue weighted by molar-refractivity contribution is 6.31. The fourth-order valence-corrected chi connectivity index (χ4v) is 2.69. The lowest BCUT2D eigenvalue weighted by molar-refractivity contribution is 0.346. The van der Waals surface area contributed by atoms with Gasteiger partial charge in [0.25, 0.3) is 0 Å². The summed E-state index contributed by atoms with van der Waals surface area (Å²) in [6.45, 7) is 2.19. The lowest BCUT2D eigenvalue weighted by atomic mass is 9.88. The zero-order chi connectivity index (χ0) is 11.5. The Hall–Kier alpha value is -0.570. The molecular formula is C13H19ClN2. The maximum atomic E-state index is 6.26. The molecule has 1 aliphatic rings. The van der Waals surface area contributed by atoms with Gasteiger partial charge in [0.1, 0.15) is 0 Å². The third-order valence-electron chi connectivity index (χ3n) is 3.49. The van der Waals surface area contributed by atoms with E-state index in [1.807, 2.05) is 18.2 Å².